The highest BCUT2D eigenvalue weighted by molar-refractivity contribution is 5.87. The monoisotopic (exact) mass is 281 g/mol. The molecule has 0 aliphatic carbocycles. The van der Waals surface area contributed by atoms with Crippen molar-refractivity contribution in [1.29, 1.82) is 0 Å². The van der Waals surface area contributed by atoms with Gasteiger partial charge in [0.25, 0.3) is 0 Å². The van der Waals surface area contributed by atoms with Crippen molar-refractivity contribution in [2.75, 3.05) is 0 Å². The standard InChI is InChI=1S/C14H10F3NO2/c15-14(16,17)11-3-1-2-9(6-11)7-12-8-10(13(19)20)4-5-18-12/h1-6,8H,7H2,(H,19,20). The molecule has 0 saturated carbocycles. The van der Waals surface area contributed by atoms with Crippen LogP contribution in [0.5, 0.6) is 0 Å². The van der Waals surface area contributed by atoms with E-state index in [0.717, 1.165) is 12.1 Å². The first kappa shape index (κ1) is 14.0. The summed E-state index contributed by atoms with van der Waals surface area (Å²) < 4.78 is 37.7. The van der Waals surface area contributed by atoms with Crippen molar-refractivity contribution in [3.63, 3.8) is 0 Å². The zero-order chi connectivity index (χ0) is 14.8. The lowest BCUT2D eigenvalue weighted by molar-refractivity contribution is -0.137. The molecule has 1 heterocycles. The number of carboxylic acid groups (broad SMARTS) is 1. The van der Waals surface area contributed by atoms with E-state index >= 15 is 0 Å². The summed E-state index contributed by atoms with van der Waals surface area (Å²) in [5.41, 5.74) is 0.158. The molecule has 2 aromatic rings. The van der Waals surface area contributed by atoms with E-state index in [2.05, 4.69) is 4.98 Å². The van der Waals surface area contributed by atoms with Crippen LogP contribution in [-0.4, -0.2) is 16.1 Å². The van der Waals surface area contributed by atoms with E-state index in [-0.39, 0.29) is 12.0 Å². The van der Waals surface area contributed by atoms with Crippen LogP contribution in [0.25, 0.3) is 0 Å². The minimum absolute atomic E-state index is 0.0574. The van der Waals surface area contributed by atoms with Crippen molar-refractivity contribution in [2.45, 2.75) is 12.6 Å². The molecule has 0 fully saturated rings. The number of nitrogens with zero attached hydrogens (tertiary/aromatic N) is 1. The third kappa shape index (κ3) is 3.34. The number of rotatable bonds is 3. The van der Waals surface area contributed by atoms with Gasteiger partial charge in [-0.3, -0.25) is 4.98 Å². The SMILES string of the molecule is O=C(O)c1ccnc(Cc2cccc(C(F)(F)F)c2)c1. The maximum Gasteiger partial charge on any atom is 0.416 e. The number of hydrogen-bond donors (Lipinski definition) is 1. The number of alkyl halides is 3. The highest BCUT2D eigenvalue weighted by Gasteiger charge is 2.30. The molecule has 20 heavy (non-hydrogen) atoms. The summed E-state index contributed by atoms with van der Waals surface area (Å²) >= 11 is 0. The lowest BCUT2D eigenvalue weighted by Crippen LogP contribution is -2.06. The van der Waals surface area contributed by atoms with Crippen LogP contribution in [0.15, 0.2) is 42.6 Å². The van der Waals surface area contributed by atoms with Crippen LogP contribution in [0, 0.1) is 0 Å². The van der Waals surface area contributed by atoms with Crippen LogP contribution in [0.4, 0.5) is 13.2 Å². The predicted molar refractivity (Wildman–Crippen MR) is 65.4 cm³/mol. The molecule has 0 spiro atoms. The van der Waals surface area contributed by atoms with Crippen molar-refractivity contribution >= 4 is 5.97 Å². The minimum atomic E-state index is -4.40. The number of hydrogen-bond acceptors (Lipinski definition) is 2. The number of aromatic carboxylic acids is 1. The Labute approximate surface area is 112 Å². The van der Waals surface area contributed by atoms with Crippen LogP contribution in [-0.2, 0) is 12.6 Å². The van der Waals surface area contributed by atoms with Crippen LogP contribution >= 0.6 is 0 Å². The van der Waals surface area contributed by atoms with E-state index < -0.39 is 17.7 Å². The van der Waals surface area contributed by atoms with Crippen LogP contribution in [0.2, 0.25) is 0 Å². The molecule has 2 rings (SSSR count). The predicted octanol–water partition coefficient (Wildman–Crippen LogP) is 3.39. The fourth-order valence-corrected chi connectivity index (χ4v) is 1.77. The Kier molecular flexibility index (Phi) is 3.74. The largest absolute Gasteiger partial charge is 0.478 e. The summed E-state index contributed by atoms with van der Waals surface area (Å²) in [4.78, 5) is 14.8. The Morgan fingerprint density at radius 1 is 1.20 bits per heavy atom. The first-order valence-corrected chi connectivity index (χ1v) is 5.70. The Balaban J connectivity index is 2.26. The second-order valence-corrected chi connectivity index (χ2v) is 4.22. The normalized spacial score (nSPS) is 11.3. The Hall–Kier alpha value is -2.37. The zero-order valence-electron chi connectivity index (χ0n) is 10.2. The van der Waals surface area contributed by atoms with Crippen molar-refractivity contribution in [2.24, 2.45) is 0 Å². The number of halogens is 3. The lowest BCUT2D eigenvalue weighted by Gasteiger charge is -2.08. The third-order valence-corrected chi connectivity index (χ3v) is 2.70. The number of aromatic nitrogens is 1. The molecule has 0 atom stereocenters. The van der Waals surface area contributed by atoms with Gasteiger partial charge in [-0.05, 0) is 23.8 Å². The van der Waals surface area contributed by atoms with E-state index in [9.17, 15) is 18.0 Å². The van der Waals surface area contributed by atoms with Crippen molar-refractivity contribution < 1.29 is 23.1 Å². The van der Waals surface area contributed by atoms with Crippen LogP contribution < -0.4 is 0 Å². The Morgan fingerprint density at radius 2 is 1.95 bits per heavy atom. The average Bonchev–Trinajstić information content (AvgIpc) is 2.38. The van der Waals surface area contributed by atoms with E-state index in [0.29, 0.717) is 11.3 Å². The number of carbonyl (C=O) groups is 1. The summed E-state index contributed by atoms with van der Waals surface area (Å²) in [6.07, 6.45) is -2.93. The molecule has 0 bridgehead atoms. The summed E-state index contributed by atoms with van der Waals surface area (Å²) in [6.45, 7) is 0. The van der Waals surface area contributed by atoms with Gasteiger partial charge in [0, 0.05) is 18.3 Å². The molecule has 0 aliphatic heterocycles. The van der Waals surface area contributed by atoms with Gasteiger partial charge in [0.15, 0.2) is 0 Å². The van der Waals surface area contributed by atoms with Crippen LogP contribution in [0.3, 0.4) is 0 Å². The zero-order valence-corrected chi connectivity index (χ0v) is 10.2. The fourth-order valence-electron chi connectivity index (χ4n) is 1.77. The molecule has 0 aliphatic rings. The fraction of sp³-hybridized carbons (Fsp3) is 0.143. The van der Waals surface area contributed by atoms with Crippen molar-refractivity contribution in [3.8, 4) is 0 Å². The molecular weight excluding hydrogens is 271 g/mol. The number of carboxylic acids is 1. The smallest absolute Gasteiger partial charge is 0.416 e. The lowest BCUT2D eigenvalue weighted by atomic mass is 10.0. The molecule has 1 aromatic carbocycles. The van der Waals surface area contributed by atoms with E-state index in [1.54, 1.807) is 6.07 Å². The summed E-state index contributed by atoms with van der Waals surface area (Å²) in [5.74, 6) is -1.10. The molecule has 3 nitrogen and oxygen atoms in total. The molecular formula is C14H10F3NO2. The van der Waals surface area contributed by atoms with E-state index in [4.69, 9.17) is 5.11 Å². The maximum absolute atomic E-state index is 12.6. The molecule has 104 valence electrons. The highest BCUT2D eigenvalue weighted by Crippen LogP contribution is 2.29. The molecule has 0 unspecified atom stereocenters. The van der Waals surface area contributed by atoms with Gasteiger partial charge in [0.1, 0.15) is 0 Å². The maximum atomic E-state index is 12.6. The van der Waals surface area contributed by atoms with Gasteiger partial charge in [-0.1, -0.05) is 18.2 Å². The summed E-state index contributed by atoms with van der Waals surface area (Å²) in [5, 5.41) is 8.85. The molecule has 1 aromatic heterocycles. The summed E-state index contributed by atoms with van der Waals surface area (Å²) in [7, 11) is 0. The summed E-state index contributed by atoms with van der Waals surface area (Å²) in [6, 6.07) is 7.57. The molecule has 1 N–H and O–H groups in total. The molecule has 0 saturated heterocycles. The molecule has 0 amide bonds. The van der Waals surface area contributed by atoms with Crippen molar-refractivity contribution in [3.05, 3.63) is 65.0 Å². The highest BCUT2D eigenvalue weighted by atomic mass is 19.4. The quantitative estimate of drug-likeness (QED) is 0.938. The Bertz CT molecular complexity index is 638. The van der Waals surface area contributed by atoms with Gasteiger partial charge in [0.05, 0.1) is 11.1 Å². The van der Waals surface area contributed by atoms with E-state index in [1.807, 2.05) is 0 Å². The molecule has 6 heteroatoms. The second kappa shape index (κ2) is 5.32. The van der Waals surface area contributed by atoms with Gasteiger partial charge in [-0.25, -0.2) is 4.79 Å². The van der Waals surface area contributed by atoms with E-state index in [1.165, 1.54) is 24.4 Å². The number of pyridine rings is 1. The number of benzene rings is 1. The molecule has 0 radical (unpaired) electrons. The first-order chi connectivity index (χ1) is 9.36. The van der Waals surface area contributed by atoms with Gasteiger partial charge in [-0.15, -0.1) is 0 Å². The minimum Gasteiger partial charge on any atom is -0.478 e. The topological polar surface area (TPSA) is 50.2 Å². The van der Waals surface area contributed by atoms with Gasteiger partial charge >= 0.3 is 12.1 Å². The van der Waals surface area contributed by atoms with Gasteiger partial charge in [-0.2, -0.15) is 13.2 Å². The van der Waals surface area contributed by atoms with Gasteiger partial charge < -0.3 is 5.11 Å². The van der Waals surface area contributed by atoms with Crippen molar-refractivity contribution in [1.82, 2.24) is 4.98 Å². The first-order valence-electron chi connectivity index (χ1n) is 5.70. The Morgan fingerprint density at radius 3 is 2.60 bits per heavy atom. The average molecular weight is 281 g/mol. The third-order valence-electron chi connectivity index (χ3n) is 2.70. The second-order valence-electron chi connectivity index (χ2n) is 4.22. The van der Waals surface area contributed by atoms with Crippen LogP contribution in [0.1, 0.15) is 27.2 Å². The van der Waals surface area contributed by atoms with Gasteiger partial charge in [0.2, 0.25) is 0 Å².